The summed E-state index contributed by atoms with van der Waals surface area (Å²) in [5.74, 6) is 0.903. The van der Waals surface area contributed by atoms with Crippen molar-refractivity contribution in [3.05, 3.63) is 42.2 Å². The molecule has 0 aliphatic carbocycles. The molecule has 10 heteroatoms. The molecule has 0 spiro atoms. The fraction of sp³-hybridized carbons (Fsp3) is 0.545. The predicted molar refractivity (Wildman–Crippen MR) is 128 cm³/mol. The van der Waals surface area contributed by atoms with E-state index >= 15 is 0 Å². The fourth-order valence-electron chi connectivity index (χ4n) is 3.75. The van der Waals surface area contributed by atoms with Crippen LogP contribution in [0.25, 0.3) is 0 Å². The Labute approximate surface area is 190 Å². The second-order valence-electron chi connectivity index (χ2n) is 8.94. The summed E-state index contributed by atoms with van der Waals surface area (Å²) in [4.78, 5) is 14.9. The number of para-hydroxylation sites is 1. The summed E-state index contributed by atoms with van der Waals surface area (Å²) in [6.45, 7) is 9.10. The Morgan fingerprint density at radius 2 is 1.72 bits per heavy atom. The number of benzene rings is 1. The number of nitrogens with two attached hydrogens (primary N) is 3. The second-order valence-corrected chi connectivity index (χ2v) is 8.94. The maximum atomic E-state index is 10.5. The summed E-state index contributed by atoms with van der Waals surface area (Å²) in [6.07, 6.45) is 0.441. The number of rotatable bonds is 4. The van der Waals surface area contributed by atoms with Gasteiger partial charge >= 0.3 is 5.97 Å². The van der Waals surface area contributed by atoms with Crippen LogP contribution in [0.15, 0.2) is 42.2 Å². The first-order valence-electron chi connectivity index (χ1n) is 10.5. The minimum Gasteiger partial charge on any atom is -0.509 e. The first-order valence-corrected chi connectivity index (χ1v) is 10.5. The number of anilines is 1. The van der Waals surface area contributed by atoms with Gasteiger partial charge in [0.25, 0.3) is 0 Å². The molecule has 3 rings (SSSR count). The maximum Gasteiger partial charge on any atom is 0.320 e. The maximum absolute atomic E-state index is 10.5. The summed E-state index contributed by atoms with van der Waals surface area (Å²) in [7, 11) is 0. The molecule has 2 aliphatic heterocycles. The van der Waals surface area contributed by atoms with Gasteiger partial charge in [0, 0.05) is 49.8 Å². The lowest BCUT2D eigenvalue weighted by atomic mass is 10.0. The van der Waals surface area contributed by atoms with Crippen LogP contribution in [0.1, 0.15) is 20.8 Å². The number of likely N-dealkylation sites (tertiary alicyclic amines) is 1. The summed E-state index contributed by atoms with van der Waals surface area (Å²) in [6, 6.07) is 10.4. The zero-order chi connectivity index (χ0) is 23.2. The average Bonchev–Trinajstić information content (AvgIpc) is 3.27. The molecule has 2 fully saturated rings. The lowest BCUT2D eigenvalue weighted by Crippen LogP contribution is -2.35. The third-order valence-corrected chi connectivity index (χ3v) is 5.16. The Hall–Kier alpha value is -2.66. The number of hydrogen-bond donors (Lipinski definition) is 6. The summed E-state index contributed by atoms with van der Waals surface area (Å²) in [5.41, 5.74) is 16.7. The number of esters is 1. The highest BCUT2D eigenvalue weighted by Crippen LogP contribution is 2.34. The number of carbonyl (C=O) groups is 1. The molecule has 1 aromatic rings. The van der Waals surface area contributed by atoms with E-state index in [1.54, 1.807) is 20.8 Å². The van der Waals surface area contributed by atoms with Gasteiger partial charge in [0.05, 0.1) is 6.54 Å². The van der Waals surface area contributed by atoms with Crippen molar-refractivity contribution in [3.63, 3.8) is 0 Å². The van der Waals surface area contributed by atoms with E-state index in [4.69, 9.17) is 27.3 Å². The molecule has 0 saturated carbocycles. The highest BCUT2D eigenvalue weighted by Gasteiger charge is 2.40. The number of carbonyl (C=O) groups excluding carboxylic acids is 1. The van der Waals surface area contributed by atoms with E-state index < -0.39 is 11.8 Å². The molecule has 0 radical (unpaired) electrons. The zero-order valence-corrected chi connectivity index (χ0v) is 19.3. The lowest BCUT2D eigenvalue weighted by molar-refractivity contribution is -0.152. The first kappa shape index (κ1) is 27.4. The molecular formula is C22H39N7O3. The van der Waals surface area contributed by atoms with Crippen molar-refractivity contribution in [2.24, 2.45) is 29.0 Å². The van der Waals surface area contributed by atoms with Gasteiger partial charge in [0.15, 0.2) is 0 Å². The van der Waals surface area contributed by atoms with Gasteiger partial charge in [-0.15, -0.1) is 0 Å². The average molecular weight is 450 g/mol. The van der Waals surface area contributed by atoms with Crippen molar-refractivity contribution in [2.45, 2.75) is 32.5 Å². The van der Waals surface area contributed by atoms with Crippen LogP contribution >= 0.6 is 0 Å². The highest BCUT2D eigenvalue weighted by molar-refractivity contribution is 5.91. The van der Waals surface area contributed by atoms with Gasteiger partial charge in [-0.25, -0.2) is 0 Å². The van der Waals surface area contributed by atoms with Gasteiger partial charge in [-0.3, -0.25) is 10.2 Å². The molecule has 2 aliphatic rings. The topological polar surface area (TPSA) is 190 Å². The molecule has 2 unspecified atom stereocenters. The Bertz CT molecular complexity index is 763. The van der Waals surface area contributed by atoms with Crippen molar-refractivity contribution in [1.29, 1.82) is 5.41 Å². The van der Waals surface area contributed by atoms with Crippen LogP contribution in [-0.2, 0) is 9.53 Å². The van der Waals surface area contributed by atoms with E-state index in [2.05, 4.69) is 29.2 Å². The van der Waals surface area contributed by atoms with Crippen LogP contribution in [-0.4, -0.2) is 66.3 Å². The molecule has 180 valence electrons. The van der Waals surface area contributed by atoms with Gasteiger partial charge < -0.3 is 43.0 Å². The molecule has 2 atom stereocenters. The fourth-order valence-corrected chi connectivity index (χ4v) is 3.75. The molecule has 2 heterocycles. The molecule has 10 nitrogen and oxygen atoms in total. The van der Waals surface area contributed by atoms with Gasteiger partial charge in [-0.1, -0.05) is 18.2 Å². The van der Waals surface area contributed by atoms with Crippen molar-refractivity contribution in [3.8, 4) is 0 Å². The van der Waals surface area contributed by atoms with Crippen LogP contribution in [0.4, 0.5) is 5.69 Å². The molecule has 1 aromatic carbocycles. The summed E-state index contributed by atoms with van der Waals surface area (Å²) < 4.78 is 4.82. The number of ether oxygens (including phenoxy) is 1. The standard InChI is InChI=1S/C16H23N5O.C6H13NO2.H3N/c17-15(6-14(22)16(18)19)21-9-11-7-20(8-12(11)10-21)13-4-2-1-3-5-13;1-6(2,3)9-5(8)4-7;/h1-6,11-12,16-17,22H,7-10,18-19H2;4,7H2,1-3H3;1H3/b14-6-,17-15?;;. The molecule has 0 amide bonds. The van der Waals surface area contributed by atoms with Crippen molar-refractivity contribution in [1.82, 2.24) is 11.1 Å². The van der Waals surface area contributed by atoms with Crippen LogP contribution in [0.2, 0.25) is 0 Å². The van der Waals surface area contributed by atoms with Gasteiger partial charge in [-0.2, -0.15) is 0 Å². The molecule has 11 N–H and O–H groups in total. The molecule has 0 aromatic heterocycles. The number of aliphatic hydroxyl groups excluding tert-OH is 1. The number of aliphatic hydroxyl groups is 1. The summed E-state index contributed by atoms with van der Waals surface area (Å²) >= 11 is 0. The summed E-state index contributed by atoms with van der Waals surface area (Å²) in [5, 5.41) is 17.7. The minimum absolute atomic E-state index is 0. The van der Waals surface area contributed by atoms with Gasteiger partial charge in [0.2, 0.25) is 0 Å². The quantitative estimate of drug-likeness (QED) is 0.129. The normalized spacial score (nSPS) is 20.3. The predicted octanol–water partition coefficient (Wildman–Crippen LogP) is 1.17. The minimum atomic E-state index is -0.920. The zero-order valence-electron chi connectivity index (χ0n) is 19.3. The Morgan fingerprint density at radius 1 is 1.19 bits per heavy atom. The largest absolute Gasteiger partial charge is 0.509 e. The van der Waals surface area contributed by atoms with E-state index in [-0.39, 0.29) is 24.4 Å². The number of nitrogens with one attached hydrogen (secondary N) is 1. The number of hydrogen-bond acceptors (Lipinski definition) is 9. The molecular weight excluding hydrogens is 410 g/mol. The van der Waals surface area contributed by atoms with Crippen LogP contribution in [0, 0.1) is 17.2 Å². The van der Waals surface area contributed by atoms with E-state index in [1.807, 2.05) is 11.0 Å². The van der Waals surface area contributed by atoms with E-state index in [1.165, 1.54) is 11.8 Å². The van der Waals surface area contributed by atoms with Crippen LogP contribution in [0.5, 0.6) is 0 Å². The SMILES string of the molecule is CC(C)(C)OC(=O)CN.N.N=C(/C=C(\O)C(N)N)N1CC2CN(c3ccccc3)CC2C1. The number of nitrogens with zero attached hydrogens (tertiary/aromatic N) is 2. The van der Waals surface area contributed by atoms with Crippen LogP contribution in [0.3, 0.4) is 0 Å². The highest BCUT2D eigenvalue weighted by atomic mass is 16.6. The van der Waals surface area contributed by atoms with E-state index in [0.29, 0.717) is 17.7 Å². The molecule has 32 heavy (non-hydrogen) atoms. The lowest BCUT2D eigenvalue weighted by Gasteiger charge is -2.24. The number of fused-ring (bicyclic) bond motifs is 1. The van der Waals surface area contributed by atoms with Crippen molar-refractivity contribution >= 4 is 17.5 Å². The van der Waals surface area contributed by atoms with E-state index in [9.17, 15) is 9.90 Å². The second kappa shape index (κ2) is 11.8. The van der Waals surface area contributed by atoms with Crippen LogP contribution < -0.4 is 28.3 Å². The van der Waals surface area contributed by atoms with Gasteiger partial charge in [0.1, 0.15) is 23.4 Å². The van der Waals surface area contributed by atoms with E-state index in [0.717, 1.165) is 26.2 Å². The van der Waals surface area contributed by atoms with Crippen molar-refractivity contribution in [2.75, 3.05) is 37.6 Å². The first-order chi connectivity index (χ1) is 14.5. The molecule has 0 bridgehead atoms. The Morgan fingerprint density at radius 3 is 2.12 bits per heavy atom. The Balaban J connectivity index is 0.000000440. The van der Waals surface area contributed by atoms with Crippen molar-refractivity contribution < 1.29 is 14.6 Å². The van der Waals surface area contributed by atoms with Gasteiger partial charge in [-0.05, 0) is 32.9 Å². The molecule has 2 saturated heterocycles. The monoisotopic (exact) mass is 449 g/mol. The third kappa shape index (κ3) is 8.12. The Kier molecular flexibility index (Phi) is 10.1. The number of amidine groups is 1. The third-order valence-electron chi connectivity index (χ3n) is 5.16. The smallest absolute Gasteiger partial charge is 0.320 e.